The molecule has 2 N–H and O–H groups in total. The Hall–Kier alpha value is -2.73. The zero-order chi connectivity index (χ0) is 18.4. The van der Waals surface area contributed by atoms with Gasteiger partial charge in [-0.1, -0.05) is 30.3 Å². The lowest BCUT2D eigenvalue weighted by atomic mass is 9.91. The Balaban J connectivity index is 0.00000338. The number of nitrogens with two attached hydrogens (primary N) is 1. The zero-order valence-electron chi connectivity index (χ0n) is 14.9. The van der Waals surface area contributed by atoms with Crippen molar-refractivity contribution in [2.45, 2.75) is 12.3 Å². The van der Waals surface area contributed by atoms with Gasteiger partial charge in [-0.3, -0.25) is 9.59 Å². The molecule has 2 rings (SSSR count). The average molecular weight is 380 g/mol. The summed E-state index contributed by atoms with van der Waals surface area (Å²) in [7, 11) is 4.43. The van der Waals surface area contributed by atoms with E-state index < -0.39 is 11.8 Å². The van der Waals surface area contributed by atoms with Gasteiger partial charge in [0, 0.05) is 12.0 Å². The largest absolute Gasteiger partial charge is 0.493 e. The van der Waals surface area contributed by atoms with E-state index in [4.69, 9.17) is 19.9 Å². The number of primary amides is 1. The van der Waals surface area contributed by atoms with Gasteiger partial charge in [0.1, 0.15) is 0 Å². The van der Waals surface area contributed by atoms with Crippen LogP contribution in [0.4, 0.5) is 0 Å². The van der Waals surface area contributed by atoms with Gasteiger partial charge in [0.25, 0.3) is 0 Å². The highest BCUT2D eigenvalue weighted by molar-refractivity contribution is 6.00. The zero-order valence-corrected chi connectivity index (χ0v) is 15.7. The van der Waals surface area contributed by atoms with Crippen LogP contribution in [0.5, 0.6) is 17.2 Å². The molecule has 140 valence electrons. The summed E-state index contributed by atoms with van der Waals surface area (Å²) in [6, 6.07) is 12.1. The van der Waals surface area contributed by atoms with Crippen molar-refractivity contribution in [1.29, 1.82) is 0 Å². The molecule has 0 aliphatic carbocycles. The first-order valence-electron chi connectivity index (χ1n) is 7.69. The van der Waals surface area contributed by atoms with Gasteiger partial charge < -0.3 is 19.9 Å². The van der Waals surface area contributed by atoms with Crippen molar-refractivity contribution in [1.82, 2.24) is 0 Å². The first-order valence-corrected chi connectivity index (χ1v) is 7.69. The van der Waals surface area contributed by atoms with E-state index in [1.165, 1.54) is 21.3 Å². The van der Waals surface area contributed by atoms with Crippen molar-refractivity contribution in [2.24, 2.45) is 5.73 Å². The summed E-state index contributed by atoms with van der Waals surface area (Å²) in [5.74, 6) is -0.344. The molecule has 0 bridgehead atoms. The molecule has 0 saturated heterocycles. The molecule has 1 unspecified atom stereocenters. The molecule has 0 aromatic heterocycles. The SMILES string of the molecule is COc1cc(C(=O)CC(C(N)=O)c2ccccc2)cc(OC)c1OC.Cl. The molecule has 0 heterocycles. The summed E-state index contributed by atoms with van der Waals surface area (Å²) in [4.78, 5) is 24.5. The number of amides is 1. The highest BCUT2D eigenvalue weighted by Gasteiger charge is 2.24. The summed E-state index contributed by atoms with van der Waals surface area (Å²) >= 11 is 0. The molecule has 0 spiro atoms. The standard InChI is InChI=1S/C19H21NO5.ClH/c1-23-16-9-13(10-17(24-2)18(16)25-3)15(21)11-14(19(20)22)12-7-5-4-6-8-12;/h4-10,14H,11H2,1-3H3,(H2,20,22);1H. The number of ether oxygens (including phenoxy) is 3. The third-order valence-electron chi connectivity index (χ3n) is 3.92. The van der Waals surface area contributed by atoms with Crippen molar-refractivity contribution >= 4 is 24.1 Å². The molecule has 2 aromatic rings. The summed E-state index contributed by atoms with van der Waals surface area (Å²) in [5, 5.41) is 0. The van der Waals surface area contributed by atoms with Crippen LogP contribution in [0.15, 0.2) is 42.5 Å². The number of carbonyl (C=O) groups excluding carboxylic acids is 2. The third-order valence-corrected chi connectivity index (χ3v) is 3.92. The molecular formula is C19H22ClNO5. The smallest absolute Gasteiger partial charge is 0.225 e. The molecule has 7 heteroatoms. The maximum atomic E-state index is 12.7. The van der Waals surface area contributed by atoms with Crippen molar-refractivity contribution in [3.05, 3.63) is 53.6 Å². The predicted molar refractivity (Wildman–Crippen MR) is 101 cm³/mol. The minimum atomic E-state index is -0.701. The number of carbonyl (C=O) groups is 2. The molecule has 6 nitrogen and oxygen atoms in total. The number of Topliss-reactive ketones (excluding diaryl/α,β-unsaturated/α-hetero) is 1. The minimum absolute atomic E-state index is 0. The van der Waals surface area contributed by atoms with Crippen LogP contribution in [0.2, 0.25) is 0 Å². The van der Waals surface area contributed by atoms with Gasteiger partial charge in [-0.25, -0.2) is 0 Å². The number of hydrogen-bond donors (Lipinski definition) is 1. The number of rotatable bonds is 8. The average Bonchev–Trinajstić information content (AvgIpc) is 2.64. The molecule has 0 aliphatic heterocycles. The molecule has 0 saturated carbocycles. The van der Waals surface area contributed by atoms with E-state index in [9.17, 15) is 9.59 Å². The van der Waals surface area contributed by atoms with Gasteiger partial charge in [0.15, 0.2) is 17.3 Å². The maximum Gasteiger partial charge on any atom is 0.225 e. The number of hydrogen-bond acceptors (Lipinski definition) is 5. The van der Waals surface area contributed by atoms with E-state index in [-0.39, 0.29) is 24.6 Å². The van der Waals surface area contributed by atoms with Crippen molar-refractivity contribution in [3.8, 4) is 17.2 Å². The minimum Gasteiger partial charge on any atom is -0.493 e. The van der Waals surface area contributed by atoms with Crippen LogP contribution in [-0.2, 0) is 4.79 Å². The Morgan fingerprint density at radius 3 is 1.92 bits per heavy atom. The number of benzene rings is 2. The quantitative estimate of drug-likeness (QED) is 0.712. The number of methoxy groups -OCH3 is 3. The lowest BCUT2D eigenvalue weighted by Crippen LogP contribution is -2.24. The van der Waals surface area contributed by atoms with Gasteiger partial charge in [0.2, 0.25) is 11.7 Å². The number of ketones is 1. The molecule has 0 fully saturated rings. The van der Waals surface area contributed by atoms with Crippen LogP contribution in [0.25, 0.3) is 0 Å². The molecule has 0 aliphatic rings. The fourth-order valence-electron chi connectivity index (χ4n) is 2.61. The second-order valence-corrected chi connectivity index (χ2v) is 5.41. The summed E-state index contributed by atoms with van der Waals surface area (Å²) in [6.45, 7) is 0. The lowest BCUT2D eigenvalue weighted by Gasteiger charge is -2.16. The molecule has 1 amide bonds. The number of halogens is 1. The Bertz CT molecular complexity index is 739. The Morgan fingerprint density at radius 2 is 1.50 bits per heavy atom. The van der Waals surface area contributed by atoms with Crippen LogP contribution in [0, 0.1) is 0 Å². The molecule has 26 heavy (non-hydrogen) atoms. The fraction of sp³-hybridized carbons (Fsp3) is 0.263. The van der Waals surface area contributed by atoms with Crippen molar-refractivity contribution < 1.29 is 23.8 Å². The van der Waals surface area contributed by atoms with Gasteiger partial charge in [-0.15, -0.1) is 12.4 Å². The first-order chi connectivity index (χ1) is 12.0. The highest BCUT2D eigenvalue weighted by atomic mass is 35.5. The van der Waals surface area contributed by atoms with Crippen LogP contribution in [-0.4, -0.2) is 33.0 Å². The maximum absolute atomic E-state index is 12.7. The summed E-state index contributed by atoms with van der Waals surface area (Å²) < 4.78 is 15.8. The van der Waals surface area contributed by atoms with Gasteiger partial charge in [-0.05, 0) is 17.7 Å². The Kier molecular flexibility index (Phi) is 7.93. The lowest BCUT2D eigenvalue weighted by molar-refractivity contribution is -0.119. The highest BCUT2D eigenvalue weighted by Crippen LogP contribution is 2.38. The summed E-state index contributed by atoms with van der Waals surface area (Å²) in [5.41, 5.74) is 6.55. The molecule has 1 atom stereocenters. The topological polar surface area (TPSA) is 87.9 Å². The molecule has 0 radical (unpaired) electrons. The Morgan fingerprint density at radius 1 is 0.962 bits per heavy atom. The molecule has 2 aromatic carbocycles. The van der Waals surface area contributed by atoms with E-state index in [0.717, 1.165) is 0 Å². The van der Waals surface area contributed by atoms with E-state index >= 15 is 0 Å². The van der Waals surface area contributed by atoms with Crippen molar-refractivity contribution in [2.75, 3.05) is 21.3 Å². The third kappa shape index (κ3) is 4.67. The van der Waals surface area contributed by atoms with Gasteiger partial charge in [0.05, 0.1) is 27.2 Å². The van der Waals surface area contributed by atoms with Crippen molar-refractivity contribution in [3.63, 3.8) is 0 Å². The van der Waals surface area contributed by atoms with Crippen LogP contribution in [0.1, 0.15) is 28.3 Å². The Labute approximate surface area is 158 Å². The monoisotopic (exact) mass is 379 g/mol. The second-order valence-electron chi connectivity index (χ2n) is 5.41. The van der Waals surface area contributed by atoms with Crippen LogP contribution >= 0.6 is 12.4 Å². The van der Waals surface area contributed by atoms with Crippen LogP contribution < -0.4 is 19.9 Å². The fourth-order valence-corrected chi connectivity index (χ4v) is 2.61. The van der Waals surface area contributed by atoms with E-state index in [1.54, 1.807) is 36.4 Å². The second kappa shape index (κ2) is 9.68. The summed E-state index contributed by atoms with van der Waals surface area (Å²) in [6.07, 6.45) is -0.0437. The molecular weight excluding hydrogens is 358 g/mol. The first kappa shape index (κ1) is 21.3. The van der Waals surface area contributed by atoms with Gasteiger partial charge in [-0.2, -0.15) is 0 Å². The van der Waals surface area contributed by atoms with Crippen LogP contribution in [0.3, 0.4) is 0 Å². The predicted octanol–water partition coefficient (Wildman–Crippen LogP) is 2.98. The van der Waals surface area contributed by atoms with Gasteiger partial charge >= 0.3 is 0 Å². The normalized spacial score (nSPS) is 11.0. The van der Waals surface area contributed by atoms with E-state index in [0.29, 0.717) is 28.4 Å². The van der Waals surface area contributed by atoms with E-state index in [1.807, 2.05) is 6.07 Å². The van der Waals surface area contributed by atoms with E-state index in [2.05, 4.69) is 0 Å².